The Hall–Kier alpha value is -1.43. The maximum absolute atomic E-state index is 5.88. The number of nitrogens with one attached hydrogen (secondary N) is 2. The fraction of sp³-hybridized carbons (Fsp3) is 0.278. The summed E-state index contributed by atoms with van der Waals surface area (Å²) >= 11 is 13.1. The van der Waals surface area contributed by atoms with Gasteiger partial charge in [0.1, 0.15) is 5.75 Å². The van der Waals surface area contributed by atoms with Crippen molar-refractivity contribution in [2.75, 3.05) is 24.7 Å². The Bertz CT molecular complexity index is 632. The van der Waals surface area contributed by atoms with Crippen molar-refractivity contribution >= 4 is 46.4 Å². The van der Waals surface area contributed by atoms with Crippen LogP contribution in [-0.2, 0) is 5.75 Å². The Balaban J connectivity index is 1.56. The van der Waals surface area contributed by atoms with Gasteiger partial charge in [-0.3, -0.25) is 0 Å². The van der Waals surface area contributed by atoms with Crippen molar-refractivity contribution in [3.63, 3.8) is 0 Å². The van der Waals surface area contributed by atoms with Crippen LogP contribution in [-0.4, -0.2) is 24.5 Å². The van der Waals surface area contributed by atoms with E-state index in [0.29, 0.717) is 5.11 Å². The number of ether oxygens (including phenoxy) is 1. The largest absolute Gasteiger partial charge is 0.497 e. The zero-order valence-corrected chi connectivity index (χ0v) is 15.9. The number of thiocarbonyl (C=S) groups is 1. The van der Waals surface area contributed by atoms with E-state index < -0.39 is 0 Å². The summed E-state index contributed by atoms with van der Waals surface area (Å²) in [4.78, 5) is 0. The van der Waals surface area contributed by atoms with Crippen LogP contribution >= 0.6 is 35.6 Å². The number of anilines is 1. The molecule has 0 radical (unpaired) electrons. The summed E-state index contributed by atoms with van der Waals surface area (Å²) in [6, 6.07) is 15.7. The Kier molecular flexibility index (Phi) is 8.22. The number of methoxy groups -OCH3 is 1. The van der Waals surface area contributed by atoms with Crippen LogP contribution in [0.2, 0.25) is 5.02 Å². The standard InChI is InChI=1S/C18H21ClN2OS2/c1-22-17-9-7-16(8-10-17)21-18(23)20-11-2-12-24-13-14-3-5-15(19)6-4-14/h3-10H,2,11-13H2,1H3,(H2,20,21,23). The molecule has 0 aliphatic carbocycles. The zero-order chi connectivity index (χ0) is 17.2. The van der Waals surface area contributed by atoms with E-state index in [2.05, 4.69) is 22.8 Å². The van der Waals surface area contributed by atoms with Gasteiger partial charge in [0.05, 0.1) is 7.11 Å². The highest BCUT2D eigenvalue weighted by molar-refractivity contribution is 7.98. The molecule has 2 rings (SSSR count). The Morgan fingerprint density at radius 3 is 2.50 bits per heavy atom. The minimum atomic E-state index is 0.642. The zero-order valence-electron chi connectivity index (χ0n) is 13.5. The fourth-order valence-electron chi connectivity index (χ4n) is 2.00. The quantitative estimate of drug-likeness (QED) is 0.499. The first-order chi connectivity index (χ1) is 11.7. The van der Waals surface area contributed by atoms with Gasteiger partial charge >= 0.3 is 0 Å². The van der Waals surface area contributed by atoms with Crippen LogP contribution in [0.5, 0.6) is 5.75 Å². The van der Waals surface area contributed by atoms with E-state index in [0.717, 1.165) is 40.9 Å². The van der Waals surface area contributed by atoms with Gasteiger partial charge < -0.3 is 15.4 Å². The highest BCUT2D eigenvalue weighted by Crippen LogP contribution is 2.16. The molecule has 0 heterocycles. The molecule has 3 nitrogen and oxygen atoms in total. The molecule has 24 heavy (non-hydrogen) atoms. The van der Waals surface area contributed by atoms with Crippen LogP contribution < -0.4 is 15.4 Å². The monoisotopic (exact) mass is 380 g/mol. The number of halogens is 1. The van der Waals surface area contributed by atoms with Gasteiger partial charge in [0.2, 0.25) is 0 Å². The molecule has 0 aliphatic heterocycles. The maximum atomic E-state index is 5.88. The average Bonchev–Trinajstić information content (AvgIpc) is 2.60. The predicted molar refractivity (Wildman–Crippen MR) is 109 cm³/mol. The summed E-state index contributed by atoms with van der Waals surface area (Å²) in [5, 5.41) is 7.81. The second kappa shape index (κ2) is 10.4. The van der Waals surface area contributed by atoms with Crippen molar-refractivity contribution in [1.82, 2.24) is 5.32 Å². The van der Waals surface area contributed by atoms with Crippen LogP contribution in [0.1, 0.15) is 12.0 Å². The topological polar surface area (TPSA) is 33.3 Å². The molecule has 0 fully saturated rings. The molecule has 0 bridgehead atoms. The average molecular weight is 381 g/mol. The molecule has 0 unspecified atom stereocenters. The normalized spacial score (nSPS) is 10.2. The van der Waals surface area contributed by atoms with Crippen molar-refractivity contribution in [3.05, 3.63) is 59.1 Å². The SMILES string of the molecule is COc1ccc(NC(=S)NCCCSCc2ccc(Cl)cc2)cc1. The van der Waals surface area contributed by atoms with E-state index in [1.165, 1.54) is 5.56 Å². The van der Waals surface area contributed by atoms with Gasteiger partial charge in [0.15, 0.2) is 5.11 Å². The van der Waals surface area contributed by atoms with E-state index in [1.807, 2.05) is 48.2 Å². The molecule has 0 aliphatic rings. The molecule has 0 spiro atoms. The smallest absolute Gasteiger partial charge is 0.170 e. The maximum Gasteiger partial charge on any atom is 0.170 e. The predicted octanol–water partition coefficient (Wildman–Crippen LogP) is 4.96. The highest BCUT2D eigenvalue weighted by atomic mass is 35.5. The number of thioether (sulfide) groups is 1. The fourth-order valence-corrected chi connectivity index (χ4v) is 3.26. The molecule has 2 aromatic carbocycles. The van der Waals surface area contributed by atoms with E-state index in [4.69, 9.17) is 28.6 Å². The summed E-state index contributed by atoms with van der Waals surface area (Å²) in [6.45, 7) is 0.857. The van der Waals surface area contributed by atoms with Gasteiger partial charge in [-0.05, 0) is 66.4 Å². The first-order valence-corrected chi connectivity index (χ1v) is 9.62. The third kappa shape index (κ3) is 6.99. The molecule has 6 heteroatoms. The minimum Gasteiger partial charge on any atom is -0.497 e. The van der Waals surface area contributed by atoms with Crippen LogP contribution in [0.4, 0.5) is 5.69 Å². The molecule has 128 valence electrons. The number of rotatable bonds is 8. The van der Waals surface area contributed by atoms with Crippen LogP contribution in [0.25, 0.3) is 0 Å². The summed E-state index contributed by atoms with van der Waals surface area (Å²) in [5.74, 6) is 2.92. The Labute approximate surface area is 158 Å². The Morgan fingerprint density at radius 2 is 1.83 bits per heavy atom. The second-order valence-corrected chi connectivity index (χ2v) is 7.09. The lowest BCUT2D eigenvalue weighted by atomic mass is 10.2. The van der Waals surface area contributed by atoms with Crippen LogP contribution in [0, 0.1) is 0 Å². The van der Waals surface area contributed by atoms with E-state index >= 15 is 0 Å². The van der Waals surface area contributed by atoms with Crippen molar-refractivity contribution in [2.45, 2.75) is 12.2 Å². The van der Waals surface area contributed by atoms with Gasteiger partial charge in [0.25, 0.3) is 0 Å². The molecular formula is C18H21ClN2OS2. The molecule has 0 aromatic heterocycles. The number of hydrogen-bond donors (Lipinski definition) is 2. The first kappa shape index (κ1) is 18.9. The molecule has 0 atom stereocenters. The second-order valence-electron chi connectivity index (χ2n) is 5.14. The molecule has 0 saturated carbocycles. The summed E-state index contributed by atoms with van der Waals surface area (Å²) in [6.07, 6.45) is 1.06. The Morgan fingerprint density at radius 1 is 1.12 bits per heavy atom. The lowest BCUT2D eigenvalue weighted by Gasteiger charge is -2.11. The van der Waals surface area contributed by atoms with Gasteiger partial charge in [-0.25, -0.2) is 0 Å². The minimum absolute atomic E-state index is 0.642. The molecule has 2 aromatic rings. The number of hydrogen-bond acceptors (Lipinski definition) is 3. The third-order valence-electron chi connectivity index (χ3n) is 3.28. The van der Waals surface area contributed by atoms with E-state index in [1.54, 1.807) is 7.11 Å². The van der Waals surface area contributed by atoms with Crippen LogP contribution in [0.15, 0.2) is 48.5 Å². The van der Waals surface area contributed by atoms with Gasteiger partial charge in [-0.15, -0.1) is 0 Å². The lowest BCUT2D eigenvalue weighted by Crippen LogP contribution is -2.29. The van der Waals surface area contributed by atoms with Gasteiger partial charge in [-0.2, -0.15) is 11.8 Å². The van der Waals surface area contributed by atoms with Crippen molar-refractivity contribution < 1.29 is 4.74 Å². The van der Waals surface area contributed by atoms with Crippen molar-refractivity contribution in [2.24, 2.45) is 0 Å². The van der Waals surface area contributed by atoms with Gasteiger partial charge in [0, 0.05) is 23.0 Å². The molecular weight excluding hydrogens is 360 g/mol. The van der Waals surface area contributed by atoms with E-state index in [9.17, 15) is 0 Å². The van der Waals surface area contributed by atoms with Crippen LogP contribution in [0.3, 0.4) is 0 Å². The molecule has 2 N–H and O–H groups in total. The summed E-state index contributed by atoms with van der Waals surface area (Å²) < 4.78 is 5.13. The lowest BCUT2D eigenvalue weighted by molar-refractivity contribution is 0.415. The first-order valence-electron chi connectivity index (χ1n) is 7.68. The molecule has 0 saturated heterocycles. The summed E-state index contributed by atoms with van der Waals surface area (Å²) in [5.41, 5.74) is 2.25. The van der Waals surface area contributed by atoms with Crippen molar-refractivity contribution in [3.8, 4) is 5.75 Å². The summed E-state index contributed by atoms with van der Waals surface area (Å²) in [7, 11) is 1.65. The van der Waals surface area contributed by atoms with Crippen molar-refractivity contribution in [1.29, 1.82) is 0 Å². The molecule has 0 amide bonds. The third-order valence-corrected chi connectivity index (χ3v) is 4.89. The van der Waals surface area contributed by atoms with Gasteiger partial charge in [-0.1, -0.05) is 23.7 Å². The highest BCUT2D eigenvalue weighted by Gasteiger charge is 1.99. The van der Waals surface area contributed by atoms with E-state index in [-0.39, 0.29) is 0 Å². The number of benzene rings is 2.